The Kier molecular flexibility index (Phi) is 4.56. The second-order valence-corrected chi connectivity index (χ2v) is 10.9. The van der Waals surface area contributed by atoms with Gasteiger partial charge in [-0.2, -0.15) is 0 Å². The first-order chi connectivity index (χ1) is 16.2. The maximum atomic E-state index is 14.1. The fourth-order valence-electron chi connectivity index (χ4n) is 6.48. The zero-order valence-electron chi connectivity index (χ0n) is 18.8. The average Bonchev–Trinajstić information content (AvgIpc) is 3.56. The van der Waals surface area contributed by atoms with Crippen LogP contribution in [-0.4, -0.2) is 48.3 Å². The Labute approximate surface area is 204 Å². The van der Waals surface area contributed by atoms with Crippen LogP contribution in [0.3, 0.4) is 0 Å². The van der Waals surface area contributed by atoms with Gasteiger partial charge in [0.1, 0.15) is 10.5 Å². The summed E-state index contributed by atoms with van der Waals surface area (Å²) in [6, 6.07) is 4.92. The fraction of sp³-hybridized carbons (Fsp3) is 0.417. The van der Waals surface area contributed by atoms with Crippen LogP contribution in [0.5, 0.6) is 0 Å². The van der Waals surface area contributed by atoms with Crippen molar-refractivity contribution in [2.24, 2.45) is 11.8 Å². The third-order valence-electron chi connectivity index (χ3n) is 7.91. The van der Waals surface area contributed by atoms with Gasteiger partial charge in [-0.1, -0.05) is 11.6 Å². The van der Waals surface area contributed by atoms with Gasteiger partial charge >= 0.3 is 5.97 Å². The normalized spacial score (nSPS) is 29.6. The van der Waals surface area contributed by atoms with Crippen molar-refractivity contribution < 1.29 is 23.9 Å². The molecule has 3 fully saturated rings. The molecule has 0 bridgehead atoms. The highest BCUT2D eigenvalue weighted by molar-refractivity contribution is 7.17. The lowest BCUT2D eigenvalue weighted by Gasteiger charge is -2.36. The van der Waals surface area contributed by atoms with Crippen molar-refractivity contribution in [3.8, 4) is 0 Å². The number of imide groups is 1. The van der Waals surface area contributed by atoms with Gasteiger partial charge in [-0.3, -0.25) is 19.3 Å². The Balaban J connectivity index is 1.56. The third-order valence-corrected chi connectivity index (χ3v) is 9.34. The summed E-state index contributed by atoms with van der Waals surface area (Å²) in [4.78, 5) is 58.4. The largest absolute Gasteiger partial charge is 0.465 e. The molecule has 0 unspecified atom stereocenters. The van der Waals surface area contributed by atoms with E-state index in [9.17, 15) is 19.2 Å². The molecule has 6 rings (SSSR count). The predicted octanol–water partition coefficient (Wildman–Crippen LogP) is 3.24. The van der Waals surface area contributed by atoms with Crippen molar-refractivity contribution >= 4 is 57.3 Å². The molecule has 4 atom stereocenters. The summed E-state index contributed by atoms with van der Waals surface area (Å²) in [5.41, 5.74) is 0.845. The number of fused-ring (bicyclic) bond motifs is 7. The highest BCUT2D eigenvalue weighted by Crippen LogP contribution is 2.61. The highest BCUT2D eigenvalue weighted by atomic mass is 35.5. The molecule has 0 radical (unpaired) electrons. The van der Waals surface area contributed by atoms with Gasteiger partial charge in [0.05, 0.1) is 24.5 Å². The Bertz CT molecular complexity index is 1320. The van der Waals surface area contributed by atoms with E-state index in [0.717, 1.165) is 16.2 Å². The molecule has 2 aromatic rings. The van der Waals surface area contributed by atoms with Gasteiger partial charge in [0, 0.05) is 27.2 Å². The number of halogens is 1. The molecule has 176 valence electrons. The molecule has 1 spiro atoms. The van der Waals surface area contributed by atoms with E-state index in [2.05, 4.69) is 5.32 Å². The molecular weight excluding hydrogens is 478 g/mol. The van der Waals surface area contributed by atoms with Gasteiger partial charge in [0.15, 0.2) is 0 Å². The molecule has 8 nitrogen and oxygen atoms in total. The van der Waals surface area contributed by atoms with E-state index in [0.29, 0.717) is 34.8 Å². The Morgan fingerprint density at radius 2 is 2.00 bits per heavy atom. The maximum Gasteiger partial charge on any atom is 0.341 e. The van der Waals surface area contributed by atoms with E-state index >= 15 is 0 Å². The number of rotatable bonds is 2. The van der Waals surface area contributed by atoms with Gasteiger partial charge in [-0.15, -0.1) is 11.3 Å². The number of carbonyl (C=O) groups excluding carboxylic acids is 4. The second kappa shape index (κ2) is 7.13. The lowest BCUT2D eigenvalue weighted by Crippen LogP contribution is -2.54. The molecule has 1 aromatic carbocycles. The molecule has 0 aliphatic carbocycles. The predicted molar refractivity (Wildman–Crippen MR) is 126 cm³/mol. The van der Waals surface area contributed by atoms with Crippen LogP contribution in [0.1, 0.15) is 39.2 Å². The molecule has 1 aromatic heterocycles. The van der Waals surface area contributed by atoms with Crippen LogP contribution in [0.25, 0.3) is 0 Å². The first-order valence-corrected chi connectivity index (χ1v) is 12.4. The van der Waals surface area contributed by atoms with Gasteiger partial charge < -0.3 is 10.1 Å². The summed E-state index contributed by atoms with van der Waals surface area (Å²) in [6.45, 7) is 4.23. The quantitative estimate of drug-likeness (QED) is 0.503. The summed E-state index contributed by atoms with van der Waals surface area (Å²) in [5.74, 6) is -3.31. The zero-order valence-corrected chi connectivity index (χ0v) is 20.4. The number of benzene rings is 1. The number of aryl methyl sites for hydroxylation is 1. The smallest absolute Gasteiger partial charge is 0.341 e. The summed E-state index contributed by atoms with van der Waals surface area (Å²) in [7, 11) is 1.27. The number of carbonyl (C=O) groups is 4. The van der Waals surface area contributed by atoms with E-state index in [1.807, 2.05) is 11.8 Å². The van der Waals surface area contributed by atoms with Crippen molar-refractivity contribution in [1.82, 2.24) is 4.90 Å². The number of thiophene rings is 1. The minimum atomic E-state index is -1.31. The molecule has 0 saturated carbocycles. The lowest BCUT2D eigenvalue weighted by molar-refractivity contribution is -0.135. The molecule has 4 aliphatic rings. The van der Waals surface area contributed by atoms with Gasteiger partial charge in [0.2, 0.25) is 17.7 Å². The number of hydrogen-bond acceptors (Lipinski definition) is 7. The summed E-state index contributed by atoms with van der Waals surface area (Å²) >= 11 is 7.55. The van der Waals surface area contributed by atoms with Crippen LogP contribution in [0, 0.1) is 25.7 Å². The van der Waals surface area contributed by atoms with Crippen molar-refractivity contribution in [3.05, 3.63) is 44.8 Å². The fourth-order valence-corrected chi connectivity index (χ4v) is 7.81. The van der Waals surface area contributed by atoms with E-state index in [-0.39, 0.29) is 28.4 Å². The highest BCUT2D eigenvalue weighted by Gasteiger charge is 2.75. The average molecular weight is 500 g/mol. The SMILES string of the molecule is COC(=O)c1c(N2C(=O)[C@@H]3[C@@H](C2=O)[C@]2(C(=O)Nc4ccc(Cl)cc42)N2CCC[C@@H]32)sc(C)c1C. The Morgan fingerprint density at radius 1 is 1.24 bits per heavy atom. The minimum absolute atomic E-state index is 0.225. The molecular formula is C24H22ClN3O5S. The molecule has 34 heavy (non-hydrogen) atoms. The van der Waals surface area contributed by atoms with Crippen molar-refractivity contribution in [2.45, 2.75) is 38.3 Å². The Morgan fingerprint density at radius 3 is 2.74 bits per heavy atom. The maximum absolute atomic E-state index is 14.1. The van der Waals surface area contributed by atoms with Crippen LogP contribution < -0.4 is 10.2 Å². The summed E-state index contributed by atoms with van der Waals surface area (Å²) in [5, 5.41) is 3.66. The topological polar surface area (TPSA) is 96.0 Å². The minimum Gasteiger partial charge on any atom is -0.465 e. The number of anilines is 2. The zero-order chi connectivity index (χ0) is 24.1. The van der Waals surface area contributed by atoms with Crippen molar-refractivity contribution in [1.29, 1.82) is 0 Å². The first-order valence-electron chi connectivity index (χ1n) is 11.2. The number of ether oxygens (including phenoxy) is 1. The van der Waals surface area contributed by atoms with Crippen LogP contribution >= 0.6 is 22.9 Å². The third kappa shape index (κ3) is 2.42. The van der Waals surface area contributed by atoms with Gasteiger partial charge in [-0.05, 0) is 57.0 Å². The lowest BCUT2D eigenvalue weighted by atomic mass is 9.75. The molecule has 4 aliphatic heterocycles. The summed E-state index contributed by atoms with van der Waals surface area (Å²) < 4.78 is 4.97. The number of hydrogen-bond donors (Lipinski definition) is 1. The van der Waals surface area contributed by atoms with E-state index in [1.165, 1.54) is 18.4 Å². The molecule has 3 amide bonds. The van der Waals surface area contributed by atoms with Gasteiger partial charge in [-0.25, -0.2) is 9.69 Å². The molecule has 3 saturated heterocycles. The monoisotopic (exact) mass is 499 g/mol. The molecule has 10 heteroatoms. The van der Waals surface area contributed by atoms with E-state index in [4.69, 9.17) is 16.3 Å². The molecule has 5 heterocycles. The van der Waals surface area contributed by atoms with Crippen LogP contribution in [0.2, 0.25) is 5.02 Å². The number of methoxy groups -OCH3 is 1. The van der Waals surface area contributed by atoms with Gasteiger partial charge in [0.25, 0.3) is 0 Å². The van der Waals surface area contributed by atoms with Crippen LogP contribution in [0.15, 0.2) is 18.2 Å². The standard InChI is InChI=1S/C24H22ClN3O5S/c1-10-11(2)34-21(16(10)22(31)33-3)28-19(29)17-15-5-4-8-27(15)24(18(17)20(28)30)13-9-12(25)6-7-14(13)26-23(24)32/h6-7,9,15,17-18H,4-5,8H2,1-3H3,(H,26,32)/t15-,17-,18-,24+/m0/s1. The number of nitrogens with one attached hydrogen (secondary N) is 1. The van der Waals surface area contributed by atoms with Crippen molar-refractivity contribution in [3.63, 3.8) is 0 Å². The number of esters is 1. The second-order valence-electron chi connectivity index (χ2n) is 9.28. The van der Waals surface area contributed by atoms with Crippen molar-refractivity contribution in [2.75, 3.05) is 23.9 Å². The van der Waals surface area contributed by atoms with Crippen LogP contribution in [0.4, 0.5) is 10.7 Å². The summed E-state index contributed by atoms with van der Waals surface area (Å²) in [6.07, 6.45) is 1.54. The first kappa shape index (κ1) is 21.8. The Hall–Kier alpha value is -2.75. The number of amides is 3. The van der Waals surface area contributed by atoms with E-state index < -0.39 is 29.3 Å². The number of nitrogens with zero attached hydrogens (tertiary/aromatic N) is 2. The van der Waals surface area contributed by atoms with E-state index in [1.54, 1.807) is 25.1 Å². The van der Waals surface area contributed by atoms with Crippen LogP contribution in [-0.2, 0) is 24.7 Å². The molecule has 1 N–H and O–H groups in total.